The van der Waals surface area contributed by atoms with Gasteiger partial charge in [0.1, 0.15) is 11.3 Å². The molecule has 8 nitrogen and oxygen atoms in total. The van der Waals surface area contributed by atoms with Gasteiger partial charge < -0.3 is 20.1 Å². The van der Waals surface area contributed by atoms with Crippen molar-refractivity contribution in [1.29, 1.82) is 0 Å². The third kappa shape index (κ3) is 3.11. The highest BCUT2D eigenvalue weighted by atomic mass is 35.5. The van der Waals surface area contributed by atoms with Crippen LogP contribution in [0.25, 0.3) is 16.6 Å². The Kier molecular flexibility index (Phi) is 4.83. The van der Waals surface area contributed by atoms with E-state index in [-0.39, 0.29) is 5.56 Å². The minimum Gasteiger partial charge on any atom is -0.497 e. The van der Waals surface area contributed by atoms with E-state index < -0.39 is 23.2 Å². The minimum atomic E-state index is -0.737. The van der Waals surface area contributed by atoms with Gasteiger partial charge in [0.05, 0.1) is 18.8 Å². The van der Waals surface area contributed by atoms with Gasteiger partial charge >= 0.3 is 5.69 Å². The molecule has 0 radical (unpaired) electrons. The molecule has 1 aliphatic rings. The Bertz CT molecular complexity index is 1480. The number of nitrogens with zero attached hydrogens (tertiary/aromatic N) is 1. The smallest absolute Gasteiger partial charge is 0.335 e. The number of halogens is 1. The second kappa shape index (κ2) is 7.58. The van der Waals surface area contributed by atoms with E-state index in [1.807, 2.05) is 18.2 Å². The highest BCUT2D eigenvalue weighted by Crippen LogP contribution is 2.36. The number of hydrogen-bond donors (Lipinski definition) is 4. The lowest BCUT2D eigenvalue weighted by molar-refractivity contribution is 0.409. The number of benzene rings is 2. The molecule has 0 saturated heterocycles. The zero-order valence-electron chi connectivity index (χ0n) is 17.5. The van der Waals surface area contributed by atoms with Crippen molar-refractivity contribution in [1.82, 2.24) is 19.9 Å². The molecule has 0 spiro atoms. The second-order valence-electron chi connectivity index (χ2n) is 7.83. The lowest BCUT2D eigenvalue weighted by Crippen LogP contribution is -2.38. The third-order valence-electron chi connectivity index (χ3n) is 5.98. The van der Waals surface area contributed by atoms with Gasteiger partial charge in [0.15, 0.2) is 0 Å². The summed E-state index contributed by atoms with van der Waals surface area (Å²) in [6.07, 6.45) is 0.741. The molecule has 4 aromatic rings. The molecule has 4 N–H and O–H groups in total. The van der Waals surface area contributed by atoms with Crippen molar-refractivity contribution < 1.29 is 9.84 Å². The Balaban J connectivity index is 1.75. The van der Waals surface area contributed by atoms with E-state index in [2.05, 4.69) is 15.3 Å². The summed E-state index contributed by atoms with van der Waals surface area (Å²) in [7, 11) is 1.61. The average molecular weight is 453 g/mol. The second-order valence-corrected chi connectivity index (χ2v) is 8.27. The Morgan fingerprint density at radius 3 is 2.75 bits per heavy atom. The van der Waals surface area contributed by atoms with Crippen molar-refractivity contribution in [2.24, 2.45) is 0 Å². The summed E-state index contributed by atoms with van der Waals surface area (Å²) in [4.78, 5) is 31.3. The molecule has 9 heteroatoms. The number of aromatic nitrogens is 3. The first kappa shape index (κ1) is 20.4. The number of methoxy groups -OCH3 is 1. The largest absolute Gasteiger partial charge is 0.497 e. The van der Waals surface area contributed by atoms with E-state index in [4.69, 9.17) is 16.3 Å². The van der Waals surface area contributed by atoms with Gasteiger partial charge in [0.2, 0.25) is 5.88 Å². The lowest BCUT2D eigenvalue weighted by Gasteiger charge is -2.25. The number of aryl methyl sites for hydroxylation is 1. The summed E-state index contributed by atoms with van der Waals surface area (Å²) in [6, 6.07) is 10.1. The fraction of sp³-hybridized carbons (Fsp3) is 0.217. The van der Waals surface area contributed by atoms with Gasteiger partial charge in [-0.1, -0.05) is 17.7 Å². The molecule has 0 bridgehead atoms. The molecule has 1 aliphatic heterocycles. The third-order valence-corrected chi connectivity index (χ3v) is 6.22. The highest BCUT2D eigenvalue weighted by Gasteiger charge is 2.31. The summed E-state index contributed by atoms with van der Waals surface area (Å²) in [6.45, 7) is 2.39. The van der Waals surface area contributed by atoms with Crippen LogP contribution in [0.1, 0.15) is 28.4 Å². The first-order valence-electron chi connectivity index (χ1n) is 10.2. The normalized spacial score (nSPS) is 15.7. The van der Waals surface area contributed by atoms with Gasteiger partial charge in [-0.3, -0.25) is 9.78 Å². The molecule has 5 rings (SSSR count). The quantitative estimate of drug-likeness (QED) is 0.382. The Hall–Kier alpha value is -3.49. The van der Waals surface area contributed by atoms with Crippen molar-refractivity contribution in [2.45, 2.75) is 19.4 Å². The molecule has 0 amide bonds. The van der Waals surface area contributed by atoms with Gasteiger partial charge in [0, 0.05) is 28.2 Å². The van der Waals surface area contributed by atoms with Crippen LogP contribution in [0.4, 0.5) is 0 Å². The standard InChI is InChI=1S/C23H21ClN4O4/c1-11-3-4-12(24)9-17(11)28-22(30)18(21(29)27-23(28)31)20-19-14(7-8-25-20)15-10-13(32-2)5-6-16(15)26-19/h3-6,9-10,20,25-26,30H,7-8H2,1-2H3,(H,27,29,31)/t20-/m1/s1. The molecule has 164 valence electrons. The molecule has 32 heavy (non-hydrogen) atoms. The zero-order chi connectivity index (χ0) is 22.6. The molecule has 2 aromatic heterocycles. The van der Waals surface area contributed by atoms with Crippen LogP contribution in [0.3, 0.4) is 0 Å². The van der Waals surface area contributed by atoms with Crippen LogP contribution < -0.4 is 21.3 Å². The van der Waals surface area contributed by atoms with Gasteiger partial charge in [-0.2, -0.15) is 0 Å². The Morgan fingerprint density at radius 1 is 1.16 bits per heavy atom. The van der Waals surface area contributed by atoms with Gasteiger partial charge in [-0.25, -0.2) is 9.36 Å². The monoisotopic (exact) mass is 452 g/mol. The lowest BCUT2D eigenvalue weighted by atomic mass is 9.95. The Labute approximate surface area is 187 Å². The maximum absolute atomic E-state index is 12.9. The van der Waals surface area contributed by atoms with E-state index in [9.17, 15) is 14.7 Å². The van der Waals surface area contributed by atoms with Crippen molar-refractivity contribution in [3.63, 3.8) is 0 Å². The molecular weight excluding hydrogens is 432 g/mol. The minimum absolute atomic E-state index is 0.0587. The molecule has 0 unspecified atom stereocenters. The van der Waals surface area contributed by atoms with E-state index >= 15 is 0 Å². The topological polar surface area (TPSA) is 112 Å². The number of aromatic hydroxyl groups is 1. The van der Waals surface area contributed by atoms with Gasteiger partial charge in [-0.15, -0.1) is 0 Å². The zero-order valence-corrected chi connectivity index (χ0v) is 18.2. The summed E-state index contributed by atoms with van der Waals surface area (Å²) in [5.74, 6) is 0.311. The summed E-state index contributed by atoms with van der Waals surface area (Å²) in [5, 5.41) is 15.9. The fourth-order valence-electron chi connectivity index (χ4n) is 4.43. The van der Waals surface area contributed by atoms with E-state index in [1.165, 1.54) is 0 Å². The van der Waals surface area contributed by atoms with Crippen molar-refractivity contribution in [3.05, 3.63) is 84.6 Å². The van der Waals surface area contributed by atoms with Crippen molar-refractivity contribution in [2.75, 3.05) is 13.7 Å². The van der Waals surface area contributed by atoms with Gasteiger partial charge in [0.25, 0.3) is 5.56 Å². The number of H-pyrrole nitrogens is 2. The molecule has 2 aromatic carbocycles. The average Bonchev–Trinajstić information content (AvgIpc) is 3.14. The Morgan fingerprint density at radius 2 is 1.97 bits per heavy atom. The van der Waals surface area contributed by atoms with E-state index in [1.54, 1.807) is 32.2 Å². The highest BCUT2D eigenvalue weighted by molar-refractivity contribution is 6.30. The van der Waals surface area contributed by atoms with Crippen LogP contribution in [-0.2, 0) is 6.42 Å². The van der Waals surface area contributed by atoms with Crippen molar-refractivity contribution >= 4 is 22.5 Å². The predicted molar refractivity (Wildman–Crippen MR) is 122 cm³/mol. The first-order chi connectivity index (χ1) is 15.4. The predicted octanol–water partition coefficient (Wildman–Crippen LogP) is 2.92. The summed E-state index contributed by atoms with van der Waals surface area (Å²) < 4.78 is 6.44. The van der Waals surface area contributed by atoms with Crippen LogP contribution in [-0.4, -0.2) is 33.3 Å². The number of fused-ring (bicyclic) bond motifs is 3. The van der Waals surface area contributed by atoms with Gasteiger partial charge in [-0.05, 0) is 54.8 Å². The molecule has 0 aliphatic carbocycles. The van der Waals surface area contributed by atoms with E-state index in [0.29, 0.717) is 17.3 Å². The summed E-state index contributed by atoms with van der Waals surface area (Å²) >= 11 is 6.13. The molecule has 0 fully saturated rings. The van der Waals surface area contributed by atoms with E-state index in [0.717, 1.165) is 44.5 Å². The number of hydrogen-bond acceptors (Lipinski definition) is 5. The number of ether oxygens (including phenoxy) is 1. The van der Waals surface area contributed by atoms with Crippen LogP contribution in [0.5, 0.6) is 11.6 Å². The first-order valence-corrected chi connectivity index (χ1v) is 10.5. The number of rotatable bonds is 3. The fourth-order valence-corrected chi connectivity index (χ4v) is 4.59. The number of nitrogens with one attached hydrogen (secondary N) is 3. The maximum Gasteiger partial charge on any atom is 0.335 e. The number of aromatic amines is 2. The maximum atomic E-state index is 12.9. The molecular formula is C23H21ClN4O4. The van der Waals surface area contributed by atoms with Crippen molar-refractivity contribution in [3.8, 4) is 17.3 Å². The summed E-state index contributed by atoms with van der Waals surface area (Å²) in [5.41, 5.74) is 2.51. The van der Waals surface area contributed by atoms with Crippen LogP contribution in [0.2, 0.25) is 5.02 Å². The molecule has 1 atom stereocenters. The SMILES string of the molecule is COc1ccc2[nH]c3c(c2c1)CCN[C@@H]3c1c(O)n(-c2cc(Cl)ccc2C)c(=O)[nH]c1=O. The molecule has 3 heterocycles. The van der Waals surface area contributed by atoms with Crippen LogP contribution >= 0.6 is 11.6 Å². The molecule has 0 saturated carbocycles. The van der Waals surface area contributed by atoms with Crippen LogP contribution in [0, 0.1) is 6.92 Å². The van der Waals surface area contributed by atoms with Crippen LogP contribution in [0.15, 0.2) is 46.0 Å².